The van der Waals surface area contributed by atoms with Gasteiger partial charge in [-0.25, -0.2) is 0 Å². The van der Waals surface area contributed by atoms with E-state index in [0.29, 0.717) is 5.56 Å². The van der Waals surface area contributed by atoms with Crippen molar-refractivity contribution < 1.29 is 19.5 Å². The molecule has 0 aromatic carbocycles. The average Bonchev–Trinajstić information content (AvgIpc) is 2.45. The highest BCUT2D eigenvalue weighted by atomic mass is 16.4. The lowest BCUT2D eigenvalue weighted by molar-refractivity contribution is -0.141. The predicted octanol–water partition coefficient (Wildman–Crippen LogP) is 0.381. The van der Waals surface area contributed by atoms with Crippen LogP contribution in [-0.4, -0.2) is 52.4 Å². The molecule has 0 radical (unpaired) electrons. The van der Waals surface area contributed by atoms with E-state index in [1.165, 1.54) is 31.1 Å². The van der Waals surface area contributed by atoms with E-state index in [1.807, 2.05) is 0 Å². The van der Waals surface area contributed by atoms with Gasteiger partial charge in [-0.15, -0.1) is 0 Å². The van der Waals surface area contributed by atoms with Gasteiger partial charge in [0.2, 0.25) is 5.91 Å². The van der Waals surface area contributed by atoms with Crippen LogP contribution < -0.4 is 5.32 Å². The largest absolute Gasteiger partial charge is 0.481 e. The summed E-state index contributed by atoms with van der Waals surface area (Å²) in [6.07, 6.45) is 3.00. The van der Waals surface area contributed by atoms with Crippen molar-refractivity contribution >= 4 is 17.8 Å². The molecule has 1 aromatic rings. The summed E-state index contributed by atoms with van der Waals surface area (Å²) in [6, 6.07) is 3.14. The molecule has 1 unspecified atom stereocenters. The summed E-state index contributed by atoms with van der Waals surface area (Å²) in [6.45, 7) is 3.52. The number of amides is 2. The van der Waals surface area contributed by atoms with Crippen LogP contribution in [0.15, 0.2) is 24.5 Å². The van der Waals surface area contributed by atoms with E-state index in [1.54, 1.807) is 12.1 Å². The summed E-state index contributed by atoms with van der Waals surface area (Å²) in [7, 11) is 0. The Labute approximate surface area is 123 Å². The fraction of sp³-hybridized carbons (Fsp3) is 0.429. The number of rotatable bonds is 7. The molecule has 114 valence electrons. The molecule has 0 aliphatic heterocycles. The van der Waals surface area contributed by atoms with Gasteiger partial charge in [0.15, 0.2) is 0 Å². The first-order valence-corrected chi connectivity index (χ1v) is 6.58. The Hall–Kier alpha value is -2.44. The van der Waals surface area contributed by atoms with Crippen molar-refractivity contribution in [2.45, 2.75) is 13.8 Å². The molecule has 0 bridgehead atoms. The van der Waals surface area contributed by atoms with E-state index >= 15 is 0 Å². The van der Waals surface area contributed by atoms with Crippen LogP contribution in [0.25, 0.3) is 0 Å². The van der Waals surface area contributed by atoms with Crippen LogP contribution in [0.5, 0.6) is 0 Å². The summed E-state index contributed by atoms with van der Waals surface area (Å²) < 4.78 is 0. The highest BCUT2D eigenvalue weighted by molar-refractivity contribution is 5.94. The molecule has 1 aromatic heterocycles. The summed E-state index contributed by atoms with van der Waals surface area (Å²) in [5.74, 6) is -2.14. The average molecular weight is 293 g/mol. The fourth-order valence-corrected chi connectivity index (χ4v) is 1.73. The van der Waals surface area contributed by atoms with E-state index in [9.17, 15) is 14.4 Å². The third-order valence-electron chi connectivity index (χ3n) is 2.89. The number of aromatic nitrogens is 1. The predicted molar refractivity (Wildman–Crippen MR) is 75.6 cm³/mol. The topological polar surface area (TPSA) is 99.6 Å². The smallest absolute Gasteiger partial charge is 0.308 e. The van der Waals surface area contributed by atoms with Gasteiger partial charge < -0.3 is 15.3 Å². The maximum atomic E-state index is 12.4. The fourth-order valence-electron chi connectivity index (χ4n) is 1.73. The van der Waals surface area contributed by atoms with Crippen molar-refractivity contribution in [1.29, 1.82) is 0 Å². The van der Waals surface area contributed by atoms with Gasteiger partial charge in [-0.3, -0.25) is 19.4 Å². The summed E-state index contributed by atoms with van der Waals surface area (Å²) in [4.78, 5) is 39.5. The quantitative estimate of drug-likeness (QED) is 0.757. The van der Waals surface area contributed by atoms with E-state index in [-0.39, 0.29) is 31.4 Å². The normalized spacial score (nSPS) is 11.5. The molecule has 1 atom stereocenters. The van der Waals surface area contributed by atoms with Crippen LogP contribution in [-0.2, 0) is 9.59 Å². The van der Waals surface area contributed by atoms with Crippen molar-refractivity contribution in [3.8, 4) is 0 Å². The van der Waals surface area contributed by atoms with Crippen LogP contribution in [0.2, 0.25) is 0 Å². The molecule has 21 heavy (non-hydrogen) atoms. The van der Waals surface area contributed by atoms with E-state index in [0.717, 1.165) is 0 Å². The number of carbonyl (C=O) groups is 3. The van der Waals surface area contributed by atoms with Crippen LogP contribution in [0.3, 0.4) is 0 Å². The van der Waals surface area contributed by atoms with Crippen LogP contribution in [0.1, 0.15) is 24.2 Å². The molecule has 2 N–H and O–H groups in total. The van der Waals surface area contributed by atoms with Crippen molar-refractivity contribution in [1.82, 2.24) is 15.2 Å². The first kappa shape index (κ1) is 16.6. The second-order valence-corrected chi connectivity index (χ2v) is 4.71. The molecule has 0 fully saturated rings. The monoisotopic (exact) mass is 293 g/mol. The lowest BCUT2D eigenvalue weighted by atomic mass is 10.1. The van der Waals surface area contributed by atoms with Gasteiger partial charge in [-0.2, -0.15) is 0 Å². The molecule has 2 amide bonds. The molecule has 0 spiro atoms. The summed E-state index contributed by atoms with van der Waals surface area (Å²) in [5.41, 5.74) is 0.436. The Morgan fingerprint density at radius 3 is 2.48 bits per heavy atom. The molecule has 0 aliphatic rings. The number of nitrogens with one attached hydrogen (secondary N) is 1. The Kier molecular flexibility index (Phi) is 6.32. The van der Waals surface area contributed by atoms with Gasteiger partial charge >= 0.3 is 5.97 Å². The van der Waals surface area contributed by atoms with Crippen molar-refractivity contribution in [3.63, 3.8) is 0 Å². The molecule has 1 heterocycles. The van der Waals surface area contributed by atoms with E-state index < -0.39 is 11.9 Å². The number of carboxylic acids is 1. The molecule has 0 aliphatic carbocycles. The number of pyridine rings is 1. The molecular formula is C14H19N3O4. The minimum Gasteiger partial charge on any atom is -0.481 e. The first-order valence-electron chi connectivity index (χ1n) is 6.58. The minimum absolute atomic E-state index is 0.0794. The summed E-state index contributed by atoms with van der Waals surface area (Å²) >= 11 is 0. The van der Waals surface area contributed by atoms with E-state index in [4.69, 9.17) is 5.11 Å². The Bertz CT molecular complexity index is 504. The molecule has 0 saturated heterocycles. The zero-order valence-electron chi connectivity index (χ0n) is 12.1. The first-order chi connectivity index (χ1) is 9.91. The number of carboxylic acid groups (broad SMARTS) is 1. The van der Waals surface area contributed by atoms with Gasteiger partial charge in [0.1, 0.15) is 0 Å². The van der Waals surface area contributed by atoms with Crippen LogP contribution in [0.4, 0.5) is 0 Å². The number of aliphatic carboxylic acids is 1. The third kappa shape index (κ3) is 5.60. The zero-order valence-corrected chi connectivity index (χ0v) is 12.1. The lowest BCUT2D eigenvalue weighted by Crippen LogP contribution is -2.41. The van der Waals surface area contributed by atoms with E-state index in [2.05, 4.69) is 10.3 Å². The number of hydrogen-bond acceptors (Lipinski definition) is 4. The molecule has 0 saturated carbocycles. The Morgan fingerprint density at radius 2 is 1.95 bits per heavy atom. The maximum absolute atomic E-state index is 12.4. The molecule has 7 nitrogen and oxygen atoms in total. The van der Waals surface area contributed by atoms with Gasteiger partial charge in [0.25, 0.3) is 5.91 Å². The lowest BCUT2D eigenvalue weighted by Gasteiger charge is -2.24. The Balaban J connectivity index is 2.77. The summed E-state index contributed by atoms with van der Waals surface area (Å²) in [5, 5.41) is 11.6. The zero-order chi connectivity index (χ0) is 15.8. The number of carbonyl (C=O) groups excluding carboxylic acids is 2. The van der Waals surface area contributed by atoms with Crippen LogP contribution in [0, 0.1) is 5.92 Å². The highest BCUT2D eigenvalue weighted by Gasteiger charge is 2.21. The number of nitrogens with zero attached hydrogens (tertiary/aromatic N) is 2. The molecular weight excluding hydrogens is 274 g/mol. The van der Waals surface area contributed by atoms with Gasteiger partial charge in [0, 0.05) is 44.5 Å². The third-order valence-corrected chi connectivity index (χ3v) is 2.89. The van der Waals surface area contributed by atoms with Gasteiger partial charge in [-0.1, -0.05) is 6.92 Å². The molecule has 1 rings (SSSR count). The Morgan fingerprint density at radius 1 is 1.33 bits per heavy atom. The van der Waals surface area contributed by atoms with Crippen molar-refractivity contribution in [3.05, 3.63) is 30.1 Å². The second-order valence-electron chi connectivity index (χ2n) is 4.71. The molecule has 7 heteroatoms. The maximum Gasteiger partial charge on any atom is 0.308 e. The highest BCUT2D eigenvalue weighted by Crippen LogP contribution is 2.07. The van der Waals surface area contributed by atoms with Crippen LogP contribution >= 0.6 is 0 Å². The van der Waals surface area contributed by atoms with Gasteiger partial charge in [-0.05, 0) is 12.1 Å². The standard InChI is InChI=1S/C14H19N3O4/c1-10(14(20)21)9-17(8-7-16-11(2)18)13(19)12-3-5-15-6-4-12/h3-6,10H,7-9H2,1-2H3,(H,16,18)(H,20,21). The second kappa shape index (κ2) is 7.98. The minimum atomic E-state index is -0.970. The van der Waals surface area contributed by atoms with Gasteiger partial charge in [0.05, 0.1) is 5.92 Å². The van der Waals surface area contributed by atoms with Crippen molar-refractivity contribution in [2.24, 2.45) is 5.92 Å². The number of hydrogen-bond donors (Lipinski definition) is 2. The van der Waals surface area contributed by atoms with Crippen molar-refractivity contribution in [2.75, 3.05) is 19.6 Å². The SMILES string of the molecule is CC(=O)NCCN(CC(C)C(=O)O)C(=O)c1ccncc1.